The third kappa shape index (κ3) is 2.63. The summed E-state index contributed by atoms with van der Waals surface area (Å²) >= 11 is 3.65. The van der Waals surface area contributed by atoms with Crippen molar-refractivity contribution in [1.29, 1.82) is 0 Å². The Kier molecular flexibility index (Phi) is 4.13. The molecular formula is C16H20BrNO2. The van der Waals surface area contributed by atoms with E-state index in [-0.39, 0.29) is 11.3 Å². The number of rotatable bonds is 3. The second-order valence-electron chi connectivity index (χ2n) is 5.88. The molecule has 1 fully saturated rings. The molecule has 2 aliphatic heterocycles. The van der Waals surface area contributed by atoms with Crippen molar-refractivity contribution < 1.29 is 9.53 Å². The van der Waals surface area contributed by atoms with Gasteiger partial charge in [0.1, 0.15) is 0 Å². The van der Waals surface area contributed by atoms with E-state index in [1.165, 1.54) is 5.56 Å². The number of fused-ring (bicyclic) bond motifs is 1. The minimum Gasteiger partial charge on any atom is -0.381 e. The largest absolute Gasteiger partial charge is 0.381 e. The Labute approximate surface area is 128 Å². The molecule has 1 aromatic rings. The van der Waals surface area contributed by atoms with Gasteiger partial charge in [-0.2, -0.15) is 0 Å². The summed E-state index contributed by atoms with van der Waals surface area (Å²) in [7, 11) is 0. The minimum absolute atomic E-state index is 0.181. The molecule has 0 aliphatic carbocycles. The first-order valence-electron chi connectivity index (χ1n) is 7.25. The predicted octanol–water partition coefficient (Wildman–Crippen LogP) is 2.88. The Balaban J connectivity index is 1.77. The summed E-state index contributed by atoms with van der Waals surface area (Å²) in [6, 6.07) is 7.99. The smallest absolute Gasteiger partial charge is 0.254 e. The Morgan fingerprint density at radius 1 is 1.25 bits per heavy atom. The van der Waals surface area contributed by atoms with Gasteiger partial charge in [-0.15, -0.1) is 0 Å². The monoisotopic (exact) mass is 337 g/mol. The van der Waals surface area contributed by atoms with E-state index in [1.807, 2.05) is 23.1 Å². The maximum absolute atomic E-state index is 12.6. The molecule has 1 aromatic carbocycles. The standard InChI is InChI=1S/C16H20BrNO2/c17-11-16(6-9-20-10-7-16)12-18-8-5-13-3-1-2-4-14(13)15(18)19/h1-4H,5-12H2. The summed E-state index contributed by atoms with van der Waals surface area (Å²) in [4.78, 5) is 14.7. The molecule has 0 unspecified atom stereocenters. The highest BCUT2D eigenvalue weighted by atomic mass is 79.9. The summed E-state index contributed by atoms with van der Waals surface area (Å²) in [5, 5.41) is 0.939. The van der Waals surface area contributed by atoms with Gasteiger partial charge in [0.15, 0.2) is 0 Å². The van der Waals surface area contributed by atoms with E-state index < -0.39 is 0 Å². The normalized spacial score (nSPS) is 21.6. The maximum atomic E-state index is 12.6. The molecule has 4 heteroatoms. The summed E-state index contributed by atoms with van der Waals surface area (Å²) in [5.74, 6) is 0.193. The molecule has 2 aliphatic rings. The molecule has 1 amide bonds. The fourth-order valence-electron chi connectivity index (χ4n) is 3.17. The van der Waals surface area contributed by atoms with Gasteiger partial charge in [-0.25, -0.2) is 0 Å². The number of hydrogen-bond acceptors (Lipinski definition) is 2. The van der Waals surface area contributed by atoms with Gasteiger partial charge in [0.2, 0.25) is 0 Å². The van der Waals surface area contributed by atoms with Crippen LogP contribution in [0, 0.1) is 5.41 Å². The van der Waals surface area contributed by atoms with Crippen molar-refractivity contribution in [3.63, 3.8) is 0 Å². The average molecular weight is 338 g/mol. The van der Waals surface area contributed by atoms with Crippen molar-refractivity contribution in [3.05, 3.63) is 35.4 Å². The van der Waals surface area contributed by atoms with Gasteiger partial charge in [-0.3, -0.25) is 4.79 Å². The Bertz CT molecular complexity index is 497. The highest BCUT2D eigenvalue weighted by Gasteiger charge is 2.36. The summed E-state index contributed by atoms with van der Waals surface area (Å²) in [5.41, 5.74) is 2.25. The highest BCUT2D eigenvalue weighted by molar-refractivity contribution is 9.09. The number of hydrogen-bond donors (Lipinski definition) is 0. The lowest BCUT2D eigenvalue weighted by molar-refractivity contribution is 0.00795. The lowest BCUT2D eigenvalue weighted by Crippen LogP contribution is -2.47. The molecule has 108 valence electrons. The van der Waals surface area contributed by atoms with Crippen LogP contribution in [0.2, 0.25) is 0 Å². The van der Waals surface area contributed by atoms with E-state index in [9.17, 15) is 4.79 Å². The minimum atomic E-state index is 0.181. The van der Waals surface area contributed by atoms with Gasteiger partial charge >= 0.3 is 0 Å². The molecule has 3 nitrogen and oxygen atoms in total. The Morgan fingerprint density at radius 3 is 2.75 bits per heavy atom. The molecule has 2 heterocycles. The molecule has 0 N–H and O–H groups in total. The van der Waals surface area contributed by atoms with Crippen LogP contribution in [0.4, 0.5) is 0 Å². The first kappa shape index (κ1) is 14.1. The average Bonchev–Trinajstić information content (AvgIpc) is 2.51. The molecule has 0 aromatic heterocycles. The van der Waals surface area contributed by atoms with Crippen LogP contribution < -0.4 is 0 Å². The molecule has 0 radical (unpaired) electrons. The van der Waals surface area contributed by atoms with E-state index in [0.717, 1.165) is 56.5 Å². The van der Waals surface area contributed by atoms with Crippen molar-refractivity contribution in [2.24, 2.45) is 5.41 Å². The summed E-state index contributed by atoms with van der Waals surface area (Å²) in [6.07, 6.45) is 3.03. The van der Waals surface area contributed by atoms with E-state index in [4.69, 9.17) is 4.74 Å². The van der Waals surface area contributed by atoms with Gasteiger partial charge < -0.3 is 9.64 Å². The maximum Gasteiger partial charge on any atom is 0.254 e. The third-order valence-corrected chi connectivity index (χ3v) is 5.74. The van der Waals surface area contributed by atoms with E-state index in [2.05, 4.69) is 22.0 Å². The lowest BCUT2D eigenvalue weighted by atomic mass is 9.81. The van der Waals surface area contributed by atoms with Gasteiger partial charge in [0, 0.05) is 42.6 Å². The molecular weight excluding hydrogens is 318 g/mol. The molecule has 3 rings (SSSR count). The van der Waals surface area contributed by atoms with Crippen molar-refractivity contribution >= 4 is 21.8 Å². The summed E-state index contributed by atoms with van der Waals surface area (Å²) in [6.45, 7) is 3.30. The number of carbonyl (C=O) groups excluding carboxylic acids is 1. The van der Waals surface area contributed by atoms with Gasteiger partial charge in [0.05, 0.1) is 0 Å². The van der Waals surface area contributed by atoms with Crippen LogP contribution in [0.5, 0.6) is 0 Å². The van der Waals surface area contributed by atoms with E-state index in [0.29, 0.717) is 0 Å². The number of carbonyl (C=O) groups is 1. The lowest BCUT2D eigenvalue weighted by Gasteiger charge is -2.41. The SMILES string of the molecule is O=C1c2ccccc2CCN1CC1(CBr)CCOCC1. The molecule has 0 bridgehead atoms. The zero-order chi connectivity index (χ0) is 14.0. The van der Waals surface area contributed by atoms with Crippen molar-refractivity contribution in [2.45, 2.75) is 19.3 Å². The van der Waals surface area contributed by atoms with Crippen LogP contribution >= 0.6 is 15.9 Å². The zero-order valence-corrected chi connectivity index (χ0v) is 13.2. The number of halogens is 1. The van der Waals surface area contributed by atoms with Crippen molar-refractivity contribution in [2.75, 3.05) is 31.6 Å². The van der Waals surface area contributed by atoms with Crippen LogP contribution in [-0.2, 0) is 11.2 Å². The van der Waals surface area contributed by atoms with Crippen LogP contribution in [-0.4, -0.2) is 42.4 Å². The van der Waals surface area contributed by atoms with Gasteiger partial charge in [0.25, 0.3) is 5.91 Å². The fraction of sp³-hybridized carbons (Fsp3) is 0.562. The van der Waals surface area contributed by atoms with E-state index in [1.54, 1.807) is 0 Å². The van der Waals surface area contributed by atoms with Crippen molar-refractivity contribution in [1.82, 2.24) is 4.90 Å². The Morgan fingerprint density at radius 2 is 2.00 bits per heavy atom. The quantitative estimate of drug-likeness (QED) is 0.793. The highest BCUT2D eigenvalue weighted by Crippen LogP contribution is 2.34. The molecule has 0 saturated carbocycles. The molecule has 1 saturated heterocycles. The molecule has 0 atom stereocenters. The van der Waals surface area contributed by atoms with E-state index >= 15 is 0 Å². The second kappa shape index (κ2) is 5.86. The van der Waals surface area contributed by atoms with Crippen LogP contribution in [0.3, 0.4) is 0 Å². The Hall–Kier alpha value is -0.870. The van der Waals surface area contributed by atoms with Crippen LogP contribution in [0.15, 0.2) is 24.3 Å². The third-order valence-electron chi connectivity index (χ3n) is 4.55. The zero-order valence-electron chi connectivity index (χ0n) is 11.6. The number of amides is 1. The predicted molar refractivity (Wildman–Crippen MR) is 82.3 cm³/mol. The van der Waals surface area contributed by atoms with Gasteiger partial charge in [-0.1, -0.05) is 34.1 Å². The van der Waals surface area contributed by atoms with Crippen molar-refractivity contribution in [3.8, 4) is 0 Å². The first-order chi connectivity index (χ1) is 9.74. The molecule has 20 heavy (non-hydrogen) atoms. The van der Waals surface area contributed by atoms with Gasteiger partial charge in [-0.05, 0) is 30.9 Å². The van der Waals surface area contributed by atoms with Crippen LogP contribution in [0.1, 0.15) is 28.8 Å². The van der Waals surface area contributed by atoms with Crippen LogP contribution in [0.25, 0.3) is 0 Å². The molecule has 0 spiro atoms. The second-order valence-corrected chi connectivity index (χ2v) is 6.44. The number of ether oxygens (including phenoxy) is 1. The fourth-order valence-corrected chi connectivity index (χ4v) is 3.91. The topological polar surface area (TPSA) is 29.5 Å². The first-order valence-corrected chi connectivity index (χ1v) is 8.37. The number of nitrogens with zero attached hydrogens (tertiary/aromatic N) is 1. The number of alkyl halides is 1. The summed E-state index contributed by atoms with van der Waals surface area (Å²) < 4.78 is 5.47. The number of benzene rings is 1.